The van der Waals surface area contributed by atoms with E-state index in [9.17, 15) is 18.4 Å². The molecule has 0 saturated heterocycles. The molecule has 2 rings (SSSR count). The molecule has 2 aromatic rings. The predicted octanol–water partition coefficient (Wildman–Crippen LogP) is 2.75. The number of nitrogens with zero attached hydrogens (tertiary/aromatic N) is 2. The molecule has 0 aromatic carbocycles. The smallest absolute Gasteiger partial charge is 0.221 e. The lowest BCUT2D eigenvalue weighted by Crippen LogP contribution is -2.24. The minimum Gasteiger partial charge on any atom is -0.348 e. The maximum atomic E-state index is 12.5. The first-order chi connectivity index (χ1) is 12.2. The molecule has 0 fully saturated rings. The fourth-order valence-electron chi connectivity index (χ4n) is 1.85. The number of pyridine rings is 2. The van der Waals surface area contributed by atoms with Gasteiger partial charge in [-0.3, -0.25) is 19.6 Å². The third-order valence-electron chi connectivity index (χ3n) is 2.98. The number of aromatic nitrogens is 2. The number of carbonyl (C=O) groups is 2. The number of nitrogens with one attached hydrogen (secondary N) is 2. The standard InChI is InChI=1S/C9H11FN2O.C9H9FN2O/c2*1-6(12-7(2)13)9-4-3-8(10)5-11-9/h3-6H,1-2H3,(H,12,13);3-5H,1H2,2H3,(H,12,13)/t6-;/m1./s1. The van der Waals surface area contributed by atoms with Crippen LogP contribution in [0.4, 0.5) is 8.78 Å². The van der Waals surface area contributed by atoms with E-state index in [2.05, 4.69) is 27.2 Å². The minimum absolute atomic E-state index is 0.126. The van der Waals surface area contributed by atoms with Crippen LogP contribution in [-0.2, 0) is 9.59 Å². The van der Waals surface area contributed by atoms with Gasteiger partial charge < -0.3 is 10.6 Å². The summed E-state index contributed by atoms with van der Waals surface area (Å²) in [5.41, 5.74) is 1.47. The summed E-state index contributed by atoms with van der Waals surface area (Å²) in [6.45, 7) is 8.17. The lowest BCUT2D eigenvalue weighted by Gasteiger charge is -2.10. The minimum atomic E-state index is -0.417. The molecular weight excluding hydrogens is 342 g/mol. The monoisotopic (exact) mass is 362 g/mol. The van der Waals surface area contributed by atoms with Gasteiger partial charge in [-0.25, -0.2) is 8.78 Å². The second-order valence-corrected chi connectivity index (χ2v) is 5.34. The van der Waals surface area contributed by atoms with Crippen molar-refractivity contribution in [2.24, 2.45) is 0 Å². The zero-order valence-electron chi connectivity index (χ0n) is 14.7. The molecule has 2 amide bonds. The second-order valence-electron chi connectivity index (χ2n) is 5.34. The van der Waals surface area contributed by atoms with Gasteiger partial charge in [-0.2, -0.15) is 0 Å². The molecule has 0 aliphatic heterocycles. The predicted molar refractivity (Wildman–Crippen MR) is 93.5 cm³/mol. The highest BCUT2D eigenvalue weighted by atomic mass is 19.1. The van der Waals surface area contributed by atoms with Gasteiger partial charge in [0, 0.05) is 13.8 Å². The maximum Gasteiger partial charge on any atom is 0.221 e. The molecule has 0 spiro atoms. The van der Waals surface area contributed by atoms with Crippen molar-refractivity contribution < 1.29 is 18.4 Å². The molecule has 1 atom stereocenters. The van der Waals surface area contributed by atoms with Crippen molar-refractivity contribution in [3.05, 3.63) is 66.3 Å². The van der Waals surface area contributed by atoms with Crippen molar-refractivity contribution in [1.29, 1.82) is 0 Å². The van der Waals surface area contributed by atoms with Crippen LogP contribution in [0.1, 0.15) is 38.2 Å². The fourth-order valence-corrected chi connectivity index (χ4v) is 1.85. The van der Waals surface area contributed by atoms with Crippen molar-refractivity contribution in [3.8, 4) is 0 Å². The van der Waals surface area contributed by atoms with Crippen LogP contribution in [0.15, 0.2) is 43.2 Å². The van der Waals surface area contributed by atoms with Crippen molar-refractivity contribution in [2.45, 2.75) is 26.8 Å². The van der Waals surface area contributed by atoms with E-state index in [-0.39, 0.29) is 23.7 Å². The Labute approximate surface area is 150 Å². The summed E-state index contributed by atoms with van der Waals surface area (Å²) < 4.78 is 24.9. The quantitative estimate of drug-likeness (QED) is 0.876. The highest BCUT2D eigenvalue weighted by molar-refractivity contribution is 5.83. The Morgan fingerprint density at radius 3 is 2.00 bits per heavy atom. The van der Waals surface area contributed by atoms with Crippen molar-refractivity contribution in [2.75, 3.05) is 0 Å². The number of hydrogen-bond donors (Lipinski definition) is 2. The second kappa shape index (κ2) is 9.97. The third-order valence-corrected chi connectivity index (χ3v) is 2.98. The summed E-state index contributed by atoms with van der Waals surface area (Å²) in [4.78, 5) is 28.9. The summed E-state index contributed by atoms with van der Waals surface area (Å²) in [5, 5.41) is 5.11. The lowest BCUT2D eigenvalue weighted by atomic mass is 10.2. The van der Waals surface area contributed by atoms with Crippen molar-refractivity contribution >= 4 is 17.5 Å². The molecular formula is C18H20F2N4O2. The van der Waals surface area contributed by atoms with Crippen LogP contribution in [0.3, 0.4) is 0 Å². The number of carbonyl (C=O) groups excluding carboxylic acids is 2. The Hall–Kier alpha value is -3.16. The average molecular weight is 362 g/mol. The Morgan fingerprint density at radius 1 is 1.00 bits per heavy atom. The molecule has 2 aromatic heterocycles. The van der Waals surface area contributed by atoms with E-state index in [0.717, 1.165) is 12.4 Å². The number of rotatable bonds is 4. The summed E-state index contributed by atoms with van der Waals surface area (Å²) in [6.07, 6.45) is 2.20. The Balaban J connectivity index is 0.000000260. The zero-order chi connectivity index (χ0) is 19.7. The SMILES string of the molecule is C=C(NC(C)=O)c1ccc(F)cn1.CC(=O)N[C@H](C)c1ccc(F)cn1. The maximum absolute atomic E-state index is 12.5. The lowest BCUT2D eigenvalue weighted by molar-refractivity contribution is -0.120. The Morgan fingerprint density at radius 2 is 1.58 bits per heavy atom. The average Bonchev–Trinajstić information content (AvgIpc) is 2.55. The first-order valence-electron chi connectivity index (χ1n) is 7.66. The van der Waals surface area contributed by atoms with Crippen LogP contribution in [0.2, 0.25) is 0 Å². The normalized spacial score (nSPS) is 10.8. The fraction of sp³-hybridized carbons (Fsp3) is 0.222. The number of hydrogen-bond acceptors (Lipinski definition) is 4. The van der Waals surface area contributed by atoms with Gasteiger partial charge in [-0.1, -0.05) is 6.58 Å². The van der Waals surface area contributed by atoms with Crippen molar-refractivity contribution in [1.82, 2.24) is 20.6 Å². The molecule has 138 valence electrons. The first kappa shape index (κ1) is 20.9. The molecule has 2 heterocycles. The first-order valence-corrected chi connectivity index (χ1v) is 7.66. The van der Waals surface area contributed by atoms with Gasteiger partial charge in [0.25, 0.3) is 0 Å². The number of halogens is 2. The summed E-state index contributed by atoms with van der Waals surface area (Å²) in [5.74, 6) is -1.15. The highest BCUT2D eigenvalue weighted by Crippen LogP contribution is 2.08. The van der Waals surface area contributed by atoms with Gasteiger partial charge in [0.2, 0.25) is 11.8 Å². The van der Waals surface area contributed by atoms with Crippen LogP contribution < -0.4 is 10.6 Å². The summed E-state index contributed by atoms with van der Waals surface area (Å²) in [7, 11) is 0. The molecule has 0 aliphatic carbocycles. The van der Waals surface area contributed by atoms with Crippen LogP contribution >= 0.6 is 0 Å². The molecule has 2 N–H and O–H groups in total. The number of amides is 2. The topological polar surface area (TPSA) is 84.0 Å². The van der Waals surface area contributed by atoms with Crippen molar-refractivity contribution in [3.63, 3.8) is 0 Å². The third kappa shape index (κ3) is 7.61. The van der Waals surface area contributed by atoms with Crippen LogP contribution in [-0.4, -0.2) is 21.8 Å². The largest absolute Gasteiger partial charge is 0.348 e. The molecule has 8 heteroatoms. The molecule has 26 heavy (non-hydrogen) atoms. The molecule has 0 saturated carbocycles. The van der Waals surface area contributed by atoms with E-state index in [4.69, 9.17) is 0 Å². The van der Waals surface area contributed by atoms with Gasteiger partial charge in [-0.15, -0.1) is 0 Å². The van der Waals surface area contributed by atoms with Crippen LogP contribution in [0.25, 0.3) is 5.70 Å². The van der Waals surface area contributed by atoms with Gasteiger partial charge in [0.05, 0.1) is 35.5 Å². The summed E-state index contributed by atoms with van der Waals surface area (Å²) in [6, 6.07) is 5.40. The molecule has 0 unspecified atom stereocenters. The van der Waals surface area contributed by atoms with E-state index >= 15 is 0 Å². The van der Waals surface area contributed by atoms with E-state index in [1.54, 1.807) is 13.0 Å². The molecule has 6 nitrogen and oxygen atoms in total. The van der Waals surface area contributed by atoms with E-state index in [1.165, 1.54) is 32.0 Å². The Bertz CT molecular complexity index is 762. The van der Waals surface area contributed by atoms with Gasteiger partial charge in [0.15, 0.2) is 0 Å². The van der Waals surface area contributed by atoms with E-state index < -0.39 is 5.82 Å². The molecule has 0 radical (unpaired) electrons. The summed E-state index contributed by atoms with van der Waals surface area (Å²) >= 11 is 0. The van der Waals surface area contributed by atoms with Crippen LogP contribution in [0.5, 0.6) is 0 Å². The highest BCUT2D eigenvalue weighted by Gasteiger charge is 2.07. The Kier molecular flexibility index (Phi) is 8.01. The molecule has 0 aliphatic rings. The van der Waals surface area contributed by atoms with E-state index in [0.29, 0.717) is 17.1 Å². The zero-order valence-corrected chi connectivity index (χ0v) is 14.7. The van der Waals surface area contributed by atoms with Gasteiger partial charge in [0.1, 0.15) is 11.6 Å². The van der Waals surface area contributed by atoms with Gasteiger partial charge >= 0.3 is 0 Å². The molecule has 0 bridgehead atoms. The van der Waals surface area contributed by atoms with E-state index in [1.807, 2.05) is 0 Å². The van der Waals surface area contributed by atoms with Crippen LogP contribution in [0, 0.1) is 11.6 Å². The van der Waals surface area contributed by atoms with Gasteiger partial charge in [-0.05, 0) is 31.2 Å².